The number of rotatable bonds is 4. The summed E-state index contributed by atoms with van der Waals surface area (Å²) >= 11 is 0. The third-order valence-electron chi connectivity index (χ3n) is 3.88. The summed E-state index contributed by atoms with van der Waals surface area (Å²) in [5, 5.41) is 56.1. The van der Waals surface area contributed by atoms with Crippen LogP contribution in [0.15, 0.2) is 0 Å². The van der Waals surface area contributed by atoms with Crippen molar-refractivity contribution in [1.82, 2.24) is 0 Å². The van der Waals surface area contributed by atoms with Gasteiger partial charge in [-0.3, -0.25) is 0 Å². The quantitative estimate of drug-likeness (QED) is 0.306. The van der Waals surface area contributed by atoms with E-state index in [-0.39, 0.29) is 0 Å². The highest BCUT2D eigenvalue weighted by atomic mass is 19.1. The normalized spacial score (nSPS) is 51.7. The highest BCUT2D eigenvalue weighted by Crippen LogP contribution is 2.30. The first-order valence-corrected chi connectivity index (χ1v) is 7.00. The SMILES string of the molecule is OC[C@H]1O[C@H](O[C@H]2O[C@H](CO)[C@@H](O)[C@H](O)[C@@H]2F)[C@@H](F)[C@@H](O)[C@@H]1O. The summed E-state index contributed by atoms with van der Waals surface area (Å²) in [5.74, 6) is 0. The minimum absolute atomic E-state index is 0.754. The molecule has 2 aliphatic heterocycles. The first kappa shape index (κ1) is 18.8. The van der Waals surface area contributed by atoms with E-state index in [1.54, 1.807) is 0 Å². The number of alkyl halides is 2. The van der Waals surface area contributed by atoms with E-state index in [0.717, 1.165) is 0 Å². The maximum atomic E-state index is 14.0. The molecule has 10 atom stereocenters. The average molecular weight is 346 g/mol. The number of hydrogen-bond donors (Lipinski definition) is 6. The van der Waals surface area contributed by atoms with Gasteiger partial charge < -0.3 is 44.8 Å². The van der Waals surface area contributed by atoms with Gasteiger partial charge in [0.05, 0.1) is 13.2 Å². The van der Waals surface area contributed by atoms with E-state index >= 15 is 0 Å². The Morgan fingerprint density at radius 1 is 0.696 bits per heavy atom. The third kappa shape index (κ3) is 3.62. The van der Waals surface area contributed by atoms with Crippen molar-refractivity contribution in [3.63, 3.8) is 0 Å². The summed E-state index contributed by atoms with van der Waals surface area (Å²) in [5.41, 5.74) is 0. The number of aliphatic hydroxyl groups is 6. The van der Waals surface area contributed by atoms with Gasteiger partial charge in [-0.1, -0.05) is 0 Å². The molecule has 0 amide bonds. The predicted octanol–water partition coefficient (Wildman–Crippen LogP) is -3.44. The Kier molecular flexibility index (Phi) is 6.22. The van der Waals surface area contributed by atoms with E-state index in [1.807, 2.05) is 0 Å². The second kappa shape index (κ2) is 7.59. The van der Waals surface area contributed by atoms with Crippen LogP contribution in [0.25, 0.3) is 0 Å². The van der Waals surface area contributed by atoms with Gasteiger partial charge in [0.15, 0.2) is 24.9 Å². The monoisotopic (exact) mass is 346 g/mol. The lowest BCUT2D eigenvalue weighted by Gasteiger charge is -2.43. The van der Waals surface area contributed by atoms with Gasteiger partial charge in [0, 0.05) is 0 Å². The number of halogens is 2. The Morgan fingerprint density at radius 3 is 1.35 bits per heavy atom. The minimum atomic E-state index is -2.28. The zero-order chi connectivity index (χ0) is 17.3. The fourth-order valence-electron chi connectivity index (χ4n) is 2.44. The summed E-state index contributed by atoms with van der Waals surface area (Å²) in [6.07, 6.45) is -18.4. The highest BCUT2D eigenvalue weighted by molar-refractivity contribution is 4.92. The Morgan fingerprint density at radius 2 is 1.04 bits per heavy atom. The Labute approximate surface area is 129 Å². The lowest BCUT2D eigenvalue weighted by molar-refractivity contribution is -0.363. The van der Waals surface area contributed by atoms with Crippen LogP contribution in [0.1, 0.15) is 0 Å². The molecule has 0 saturated carbocycles. The molecule has 0 aliphatic carbocycles. The second-order valence-corrected chi connectivity index (χ2v) is 5.44. The largest absolute Gasteiger partial charge is 0.394 e. The molecule has 2 heterocycles. The van der Waals surface area contributed by atoms with Gasteiger partial charge in [-0.15, -0.1) is 0 Å². The topological polar surface area (TPSA) is 149 Å². The molecule has 0 unspecified atom stereocenters. The van der Waals surface area contributed by atoms with Crippen LogP contribution in [0.4, 0.5) is 8.78 Å². The van der Waals surface area contributed by atoms with Crippen molar-refractivity contribution in [3.05, 3.63) is 0 Å². The molecule has 11 heteroatoms. The molecule has 0 bridgehead atoms. The van der Waals surface area contributed by atoms with Gasteiger partial charge in [-0.25, -0.2) is 8.78 Å². The molecular weight excluding hydrogens is 326 g/mol. The van der Waals surface area contributed by atoms with E-state index < -0.39 is 74.8 Å². The Bertz CT molecular complexity index is 352. The molecule has 2 aliphatic rings. The van der Waals surface area contributed by atoms with Crippen LogP contribution >= 0.6 is 0 Å². The van der Waals surface area contributed by atoms with Crippen LogP contribution in [0, 0.1) is 0 Å². The van der Waals surface area contributed by atoms with Gasteiger partial charge in [0.25, 0.3) is 0 Å². The number of hydrogen-bond acceptors (Lipinski definition) is 9. The van der Waals surface area contributed by atoms with Crippen molar-refractivity contribution >= 4 is 0 Å². The van der Waals surface area contributed by atoms with Gasteiger partial charge in [-0.05, 0) is 0 Å². The second-order valence-electron chi connectivity index (χ2n) is 5.44. The lowest BCUT2D eigenvalue weighted by atomic mass is 9.99. The third-order valence-corrected chi connectivity index (χ3v) is 3.88. The first-order valence-electron chi connectivity index (χ1n) is 7.00. The highest BCUT2D eigenvalue weighted by Gasteiger charge is 2.50. The fraction of sp³-hybridized carbons (Fsp3) is 1.00. The van der Waals surface area contributed by atoms with Crippen molar-refractivity contribution in [3.8, 4) is 0 Å². The molecule has 2 saturated heterocycles. The maximum Gasteiger partial charge on any atom is 0.195 e. The van der Waals surface area contributed by atoms with Gasteiger partial charge in [0.2, 0.25) is 0 Å². The molecule has 0 aromatic carbocycles. The molecule has 0 radical (unpaired) electrons. The van der Waals surface area contributed by atoms with Crippen LogP contribution in [0.3, 0.4) is 0 Å². The average Bonchev–Trinajstić information content (AvgIpc) is 2.55. The van der Waals surface area contributed by atoms with Crippen LogP contribution in [0.2, 0.25) is 0 Å². The van der Waals surface area contributed by atoms with E-state index in [9.17, 15) is 29.2 Å². The smallest absolute Gasteiger partial charge is 0.195 e. The van der Waals surface area contributed by atoms with Crippen LogP contribution < -0.4 is 0 Å². The Hall–Kier alpha value is -0.500. The molecule has 23 heavy (non-hydrogen) atoms. The lowest BCUT2D eigenvalue weighted by Crippen LogP contribution is -2.62. The fourth-order valence-corrected chi connectivity index (χ4v) is 2.44. The van der Waals surface area contributed by atoms with Crippen LogP contribution in [0.5, 0.6) is 0 Å². The van der Waals surface area contributed by atoms with Crippen molar-refractivity contribution in [2.75, 3.05) is 13.2 Å². The zero-order valence-corrected chi connectivity index (χ0v) is 11.9. The molecule has 2 fully saturated rings. The minimum Gasteiger partial charge on any atom is -0.394 e. The van der Waals surface area contributed by atoms with E-state index in [1.165, 1.54) is 0 Å². The van der Waals surface area contributed by atoms with Gasteiger partial charge in [-0.2, -0.15) is 0 Å². The predicted molar refractivity (Wildman–Crippen MR) is 66.4 cm³/mol. The van der Waals surface area contributed by atoms with Crippen molar-refractivity contribution in [2.24, 2.45) is 0 Å². The zero-order valence-electron chi connectivity index (χ0n) is 11.9. The Balaban J connectivity index is 2.07. The molecule has 0 spiro atoms. The summed E-state index contributed by atoms with van der Waals surface area (Å²) in [6.45, 7) is -1.51. The standard InChI is InChI=1S/C12H20F2O9/c13-5-9(19)7(17)3(1-15)21-11(5)23-12-6(14)10(20)8(18)4(2-16)22-12/h3-12,15-20H,1-2H2/t3-,4-,5+,6+,7-,8-,9-,10-,11-,12-/m1/s1. The van der Waals surface area contributed by atoms with Crippen molar-refractivity contribution < 1.29 is 53.6 Å². The molecule has 136 valence electrons. The molecule has 9 nitrogen and oxygen atoms in total. The first-order chi connectivity index (χ1) is 10.8. The van der Waals surface area contributed by atoms with Gasteiger partial charge >= 0.3 is 0 Å². The van der Waals surface area contributed by atoms with Crippen LogP contribution in [-0.2, 0) is 14.2 Å². The molecular formula is C12H20F2O9. The van der Waals surface area contributed by atoms with Crippen molar-refractivity contribution in [1.29, 1.82) is 0 Å². The van der Waals surface area contributed by atoms with Gasteiger partial charge in [0.1, 0.15) is 36.6 Å². The molecule has 0 aromatic heterocycles. The molecule has 6 N–H and O–H groups in total. The number of ether oxygens (including phenoxy) is 3. The molecule has 2 rings (SSSR count). The van der Waals surface area contributed by atoms with Crippen LogP contribution in [-0.4, -0.2) is 105 Å². The number of aliphatic hydroxyl groups excluding tert-OH is 6. The van der Waals surface area contributed by atoms with Crippen molar-refractivity contribution in [2.45, 2.75) is 61.5 Å². The summed E-state index contributed by atoms with van der Waals surface area (Å²) < 4.78 is 42.6. The molecule has 0 aromatic rings. The van der Waals surface area contributed by atoms with E-state index in [0.29, 0.717) is 0 Å². The van der Waals surface area contributed by atoms with E-state index in [4.69, 9.17) is 24.4 Å². The summed E-state index contributed by atoms with van der Waals surface area (Å²) in [4.78, 5) is 0. The summed E-state index contributed by atoms with van der Waals surface area (Å²) in [6, 6.07) is 0. The van der Waals surface area contributed by atoms with E-state index in [2.05, 4.69) is 0 Å². The summed E-state index contributed by atoms with van der Waals surface area (Å²) in [7, 11) is 0. The maximum absolute atomic E-state index is 14.0.